The van der Waals surface area contributed by atoms with Crippen molar-refractivity contribution in [1.29, 1.82) is 0 Å². The van der Waals surface area contributed by atoms with Gasteiger partial charge in [-0.3, -0.25) is 9.69 Å². The van der Waals surface area contributed by atoms with E-state index in [0.717, 1.165) is 18.4 Å². The molecule has 1 aliphatic carbocycles. The molecule has 3 rings (SSSR count). The van der Waals surface area contributed by atoms with Crippen molar-refractivity contribution in [2.45, 2.75) is 44.8 Å². The Bertz CT molecular complexity index is 555. The van der Waals surface area contributed by atoms with E-state index in [0.29, 0.717) is 32.0 Å². The van der Waals surface area contributed by atoms with E-state index in [1.807, 2.05) is 30.3 Å². The fourth-order valence-electron chi connectivity index (χ4n) is 3.65. The van der Waals surface area contributed by atoms with Crippen LogP contribution in [0, 0.1) is 5.92 Å². The predicted molar refractivity (Wildman–Crippen MR) is 91.6 cm³/mol. The van der Waals surface area contributed by atoms with Crippen LogP contribution in [-0.2, 0) is 16.1 Å². The van der Waals surface area contributed by atoms with Crippen LogP contribution in [0.2, 0.25) is 0 Å². The first-order valence-electron chi connectivity index (χ1n) is 8.95. The van der Waals surface area contributed by atoms with Gasteiger partial charge in [-0.1, -0.05) is 56.0 Å². The summed E-state index contributed by atoms with van der Waals surface area (Å²) in [5.74, 6) is 0.673. The summed E-state index contributed by atoms with van der Waals surface area (Å²) in [6.45, 7) is 2.00. The number of carbonyl (C=O) groups excluding carboxylic acids is 2. The van der Waals surface area contributed by atoms with E-state index in [9.17, 15) is 9.59 Å². The smallest absolute Gasteiger partial charge is 0.410 e. The maximum absolute atomic E-state index is 12.7. The van der Waals surface area contributed by atoms with Gasteiger partial charge in [0.15, 0.2) is 5.78 Å². The number of Topliss-reactive ketones (excluding diaryl/α,β-unsaturated/α-hetero) is 1. The molecule has 130 valence electrons. The third-order valence-electron chi connectivity index (χ3n) is 5.02. The highest BCUT2D eigenvalue weighted by Gasteiger charge is 2.34. The second-order valence-electron chi connectivity index (χ2n) is 6.77. The number of carbonyl (C=O) groups is 2. The van der Waals surface area contributed by atoms with Gasteiger partial charge in [0.05, 0.1) is 0 Å². The number of nitrogens with zero attached hydrogens (tertiary/aromatic N) is 1. The zero-order valence-electron chi connectivity index (χ0n) is 14.1. The average molecular weight is 330 g/mol. The first kappa shape index (κ1) is 17.0. The lowest BCUT2D eigenvalue weighted by atomic mass is 9.96. The fraction of sp³-hybridized carbons (Fsp3) is 0.579. The molecule has 0 spiro atoms. The van der Waals surface area contributed by atoms with Crippen LogP contribution in [0.3, 0.4) is 0 Å². The van der Waals surface area contributed by atoms with E-state index in [4.69, 9.17) is 4.74 Å². The van der Waals surface area contributed by atoms with E-state index in [1.165, 1.54) is 12.8 Å². The lowest BCUT2D eigenvalue weighted by Crippen LogP contribution is -2.57. The number of hydrogen-bond acceptors (Lipinski definition) is 4. The van der Waals surface area contributed by atoms with E-state index < -0.39 is 0 Å². The Balaban J connectivity index is 1.56. The number of hydrogen-bond donors (Lipinski definition) is 1. The summed E-state index contributed by atoms with van der Waals surface area (Å²) in [6, 6.07) is 9.23. The molecule has 5 heteroatoms. The largest absolute Gasteiger partial charge is 0.445 e. The van der Waals surface area contributed by atoms with Crippen molar-refractivity contribution in [3.8, 4) is 0 Å². The standard InChI is InChI=1S/C19H26N2O3/c22-18(12-15-6-4-5-7-15)17-13-20-10-11-21(17)19(23)24-14-16-8-2-1-3-9-16/h1-3,8-9,15,17,20H,4-7,10-14H2. The normalized spacial score (nSPS) is 21.7. The topological polar surface area (TPSA) is 58.6 Å². The van der Waals surface area contributed by atoms with Crippen LogP contribution in [0.1, 0.15) is 37.7 Å². The van der Waals surface area contributed by atoms with Crippen LogP contribution in [0.5, 0.6) is 0 Å². The van der Waals surface area contributed by atoms with Gasteiger partial charge in [-0.25, -0.2) is 4.79 Å². The molecule has 1 saturated heterocycles. The van der Waals surface area contributed by atoms with Crippen molar-refractivity contribution in [3.63, 3.8) is 0 Å². The molecule has 24 heavy (non-hydrogen) atoms. The van der Waals surface area contributed by atoms with E-state index in [-0.39, 0.29) is 24.5 Å². The number of benzene rings is 1. The maximum atomic E-state index is 12.7. The molecule has 1 unspecified atom stereocenters. The van der Waals surface area contributed by atoms with Crippen LogP contribution in [0.15, 0.2) is 30.3 Å². The number of nitrogens with one attached hydrogen (secondary N) is 1. The molecule has 1 atom stereocenters. The minimum absolute atomic E-state index is 0.172. The predicted octanol–water partition coefficient (Wildman–Crippen LogP) is 2.75. The van der Waals surface area contributed by atoms with Crippen molar-refractivity contribution >= 4 is 11.9 Å². The average Bonchev–Trinajstić information content (AvgIpc) is 3.13. The molecular weight excluding hydrogens is 304 g/mol. The fourth-order valence-corrected chi connectivity index (χ4v) is 3.65. The van der Waals surface area contributed by atoms with Crippen molar-refractivity contribution < 1.29 is 14.3 Å². The van der Waals surface area contributed by atoms with Gasteiger partial charge in [-0.15, -0.1) is 0 Å². The molecule has 1 saturated carbocycles. The lowest BCUT2D eigenvalue weighted by Gasteiger charge is -2.34. The summed E-state index contributed by atoms with van der Waals surface area (Å²) >= 11 is 0. The Labute approximate surface area is 143 Å². The van der Waals surface area contributed by atoms with E-state index >= 15 is 0 Å². The van der Waals surface area contributed by atoms with Gasteiger partial charge in [0.2, 0.25) is 0 Å². The molecule has 0 bridgehead atoms. The minimum atomic E-state index is -0.386. The van der Waals surface area contributed by atoms with E-state index in [1.54, 1.807) is 4.90 Å². The van der Waals surface area contributed by atoms with Gasteiger partial charge in [0.1, 0.15) is 12.6 Å². The summed E-state index contributed by atoms with van der Waals surface area (Å²) in [4.78, 5) is 26.7. The van der Waals surface area contributed by atoms with Crippen molar-refractivity contribution in [1.82, 2.24) is 10.2 Å². The Hall–Kier alpha value is -1.88. The molecule has 1 N–H and O–H groups in total. The highest BCUT2D eigenvalue weighted by Crippen LogP contribution is 2.28. The molecule has 2 aliphatic rings. The van der Waals surface area contributed by atoms with Crippen molar-refractivity contribution in [2.75, 3.05) is 19.6 Å². The van der Waals surface area contributed by atoms with Gasteiger partial charge in [-0.2, -0.15) is 0 Å². The number of ketones is 1. The molecule has 1 aromatic carbocycles. The van der Waals surface area contributed by atoms with Gasteiger partial charge >= 0.3 is 6.09 Å². The SMILES string of the molecule is O=C(CC1CCCC1)C1CNCCN1C(=O)OCc1ccccc1. The summed E-state index contributed by atoms with van der Waals surface area (Å²) in [5.41, 5.74) is 0.954. The summed E-state index contributed by atoms with van der Waals surface area (Å²) in [7, 11) is 0. The number of amides is 1. The number of ether oxygens (including phenoxy) is 1. The van der Waals surface area contributed by atoms with Crippen LogP contribution >= 0.6 is 0 Å². The van der Waals surface area contributed by atoms with Gasteiger partial charge in [0, 0.05) is 26.1 Å². The van der Waals surface area contributed by atoms with Crippen molar-refractivity contribution in [3.05, 3.63) is 35.9 Å². The lowest BCUT2D eigenvalue weighted by molar-refractivity contribution is -0.125. The summed E-state index contributed by atoms with van der Waals surface area (Å²) < 4.78 is 5.42. The van der Waals surface area contributed by atoms with E-state index in [2.05, 4.69) is 5.32 Å². The first-order chi connectivity index (χ1) is 11.7. The van der Waals surface area contributed by atoms with Crippen LogP contribution < -0.4 is 5.32 Å². The molecule has 1 heterocycles. The Morgan fingerprint density at radius 1 is 1.17 bits per heavy atom. The molecule has 5 nitrogen and oxygen atoms in total. The van der Waals surface area contributed by atoms with Gasteiger partial charge in [-0.05, 0) is 11.5 Å². The minimum Gasteiger partial charge on any atom is -0.445 e. The summed E-state index contributed by atoms with van der Waals surface area (Å²) in [6.07, 6.45) is 4.95. The molecule has 0 aromatic heterocycles. The monoisotopic (exact) mass is 330 g/mol. The Morgan fingerprint density at radius 2 is 1.92 bits per heavy atom. The highest BCUT2D eigenvalue weighted by molar-refractivity contribution is 5.88. The molecule has 0 radical (unpaired) electrons. The quantitative estimate of drug-likeness (QED) is 0.902. The highest BCUT2D eigenvalue weighted by atomic mass is 16.6. The first-order valence-corrected chi connectivity index (χ1v) is 8.95. The third kappa shape index (κ3) is 4.35. The molecule has 2 fully saturated rings. The molecule has 1 aliphatic heterocycles. The zero-order valence-corrected chi connectivity index (χ0v) is 14.1. The number of piperazine rings is 1. The maximum Gasteiger partial charge on any atom is 0.410 e. The molecule has 1 aromatic rings. The second kappa shape index (κ2) is 8.29. The van der Waals surface area contributed by atoms with Crippen LogP contribution in [-0.4, -0.2) is 42.5 Å². The van der Waals surface area contributed by atoms with Gasteiger partial charge < -0.3 is 10.1 Å². The van der Waals surface area contributed by atoms with Crippen LogP contribution in [0.4, 0.5) is 4.79 Å². The number of rotatable bonds is 5. The van der Waals surface area contributed by atoms with Gasteiger partial charge in [0.25, 0.3) is 0 Å². The molecular formula is C19H26N2O3. The Morgan fingerprint density at radius 3 is 2.67 bits per heavy atom. The van der Waals surface area contributed by atoms with Crippen molar-refractivity contribution in [2.24, 2.45) is 5.92 Å². The second-order valence-corrected chi connectivity index (χ2v) is 6.77. The van der Waals surface area contributed by atoms with Crippen LogP contribution in [0.25, 0.3) is 0 Å². The zero-order chi connectivity index (χ0) is 16.8. The summed E-state index contributed by atoms with van der Waals surface area (Å²) in [5, 5.41) is 3.23. The third-order valence-corrected chi connectivity index (χ3v) is 5.02. The Kier molecular flexibility index (Phi) is 5.86. The molecule has 1 amide bonds.